The number of likely N-dealkylation sites (tertiary alicyclic amines) is 1. The first-order chi connectivity index (χ1) is 7.74. The molecule has 1 aliphatic heterocycles. The van der Waals surface area contributed by atoms with E-state index in [1.54, 1.807) is 6.20 Å². The Bertz CT molecular complexity index is 328. The van der Waals surface area contributed by atoms with Gasteiger partial charge >= 0.3 is 0 Å². The van der Waals surface area contributed by atoms with Crippen LogP contribution in [0.4, 0.5) is 4.39 Å². The fourth-order valence-electron chi connectivity index (χ4n) is 1.81. The fraction of sp³-hybridized carbons (Fsp3) is 0.583. The quantitative estimate of drug-likeness (QED) is 0.780. The lowest BCUT2D eigenvalue weighted by atomic mass is 10.3. The van der Waals surface area contributed by atoms with Crippen LogP contribution in [-0.2, 0) is 0 Å². The van der Waals surface area contributed by atoms with Crippen LogP contribution in [-0.4, -0.2) is 42.3 Å². The molecule has 0 bridgehead atoms. The van der Waals surface area contributed by atoms with Gasteiger partial charge in [-0.15, -0.1) is 0 Å². The molecule has 0 N–H and O–H groups in total. The van der Waals surface area contributed by atoms with Crippen molar-refractivity contribution < 1.29 is 9.13 Å². The molecule has 2 heterocycles. The number of nitrogens with zero attached hydrogens (tertiary/aromatic N) is 2. The van der Waals surface area contributed by atoms with E-state index in [2.05, 4.69) is 9.88 Å². The number of alkyl halides is 1. The summed E-state index contributed by atoms with van der Waals surface area (Å²) in [5, 5.41) is 0. The minimum atomic E-state index is -0.655. The smallest absolute Gasteiger partial charge is 0.213 e. The van der Waals surface area contributed by atoms with Crippen LogP contribution >= 0.6 is 0 Å². The third-order valence-corrected chi connectivity index (χ3v) is 2.76. The molecule has 0 aliphatic carbocycles. The van der Waals surface area contributed by atoms with E-state index >= 15 is 0 Å². The van der Waals surface area contributed by atoms with Gasteiger partial charge < -0.3 is 4.74 Å². The molecule has 2 rings (SSSR count). The van der Waals surface area contributed by atoms with Gasteiger partial charge in [0.25, 0.3) is 0 Å². The molecular weight excluding hydrogens is 207 g/mol. The minimum absolute atomic E-state index is 0.546. The lowest BCUT2D eigenvalue weighted by molar-refractivity contribution is 0.220. The molecular formula is C12H17FN2O. The zero-order chi connectivity index (χ0) is 11.4. The van der Waals surface area contributed by atoms with Gasteiger partial charge in [0.1, 0.15) is 12.8 Å². The van der Waals surface area contributed by atoms with Crippen molar-refractivity contribution in [3.63, 3.8) is 0 Å². The number of hydrogen-bond acceptors (Lipinski definition) is 3. The van der Waals surface area contributed by atoms with E-state index in [-0.39, 0.29) is 0 Å². The molecule has 1 atom stereocenters. The first-order valence-corrected chi connectivity index (χ1v) is 5.66. The summed E-state index contributed by atoms with van der Waals surface area (Å²) in [7, 11) is 0. The van der Waals surface area contributed by atoms with Crippen molar-refractivity contribution in [1.82, 2.24) is 9.88 Å². The molecule has 0 unspecified atom stereocenters. The molecule has 0 amide bonds. The van der Waals surface area contributed by atoms with Gasteiger partial charge in [-0.25, -0.2) is 9.37 Å². The van der Waals surface area contributed by atoms with Crippen molar-refractivity contribution in [2.24, 2.45) is 0 Å². The Morgan fingerprint density at radius 2 is 2.44 bits per heavy atom. The molecule has 16 heavy (non-hydrogen) atoms. The Balaban J connectivity index is 1.70. The second-order valence-corrected chi connectivity index (χ2v) is 4.21. The van der Waals surface area contributed by atoms with E-state index < -0.39 is 6.17 Å². The predicted octanol–water partition coefficient (Wildman–Crippen LogP) is 1.81. The van der Waals surface area contributed by atoms with Gasteiger partial charge in [-0.2, -0.15) is 0 Å². The third kappa shape index (κ3) is 3.17. The summed E-state index contributed by atoms with van der Waals surface area (Å²) in [4.78, 5) is 6.22. The van der Waals surface area contributed by atoms with Crippen LogP contribution in [0.2, 0.25) is 0 Å². The molecule has 0 aromatic carbocycles. The molecule has 1 saturated heterocycles. The lowest BCUT2D eigenvalue weighted by Gasteiger charge is -2.14. The number of aryl methyl sites for hydroxylation is 1. The van der Waals surface area contributed by atoms with Gasteiger partial charge in [0.15, 0.2) is 0 Å². The van der Waals surface area contributed by atoms with Crippen LogP contribution in [0.5, 0.6) is 5.88 Å². The van der Waals surface area contributed by atoms with Gasteiger partial charge in [-0.05, 0) is 18.9 Å². The highest BCUT2D eigenvalue weighted by atomic mass is 19.1. The first-order valence-electron chi connectivity index (χ1n) is 5.66. The summed E-state index contributed by atoms with van der Waals surface area (Å²) in [6, 6.07) is 3.83. The maximum atomic E-state index is 12.9. The molecule has 1 aliphatic rings. The highest BCUT2D eigenvalue weighted by Gasteiger charge is 2.20. The largest absolute Gasteiger partial charge is 0.476 e. The average Bonchev–Trinajstić information content (AvgIpc) is 2.67. The standard InChI is InChI=1S/C12H17FN2O/c1-10-2-3-12(14-8-10)16-7-6-15-5-4-11(13)9-15/h2-3,8,11H,4-7,9H2,1H3/t11-/m0/s1. The predicted molar refractivity (Wildman–Crippen MR) is 60.4 cm³/mol. The molecule has 4 heteroatoms. The molecule has 0 radical (unpaired) electrons. The maximum Gasteiger partial charge on any atom is 0.213 e. The zero-order valence-electron chi connectivity index (χ0n) is 9.53. The minimum Gasteiger partial charge on any atom is -0.476 e. The average molecular weight is 224 g/mol. The number of ether oxygens (including phenoxy) is 1. The Morgan fingerprint density at radius 3 is 3.06 bits per heavy atom. The number of halogens is 1. The van der Waals surface area contributed by atoms with Gasteiger partial charge in [0, 0.05) is 31.9 Å². The van der Waals surface area contributed by atoms with Crippen LogP contribution in [0.25, 0.3) is 0 Å². The van der Waals surface area contributed by atoms with E-state index in [0.29, 0.717) is 25.5 Å². The zero-order valence-corrected chi connectivity index (χ0v) is 9.53. The Morgan fingerprint density at radius 1 is 1.56 bits per heavy atom. The van der Waals surface area contributed by atoms with Crippen molar-refractivity contribution in [2.75, 3.05) is 26.2 Å². The van der Waals surface area contributed by atoms with Crippen LogP contribution in [0, 0.1) is 6.92 Å². The van der Waals surface area contributed by atoms with E-state index in [1.807, 2.05) is 19.1 Å². The van der Waals surface area contributed by atoms with E-state index in [1.165, 1.54) is 0 Å². The second kappa shape index (κ2) is 5.25. The van der Waals surface area contributed by atoms with Gasteiger partial charge in [-0.1, -0.05) is 6.07 Å². The molecule has 3 nitrogen and oxygen atoms in total. The van der Waals surface area contributed by atoms with Crippen molar-refractivity contribution in [3.05, 3.63) is 23.9 Å². The maximum absolute atomic E-state index is 12.9. The SMILES string of the molecule is Cc1ccc(OCCN2CC[C@H](F)C2)nc1. The number of pyridine rings is 1. The highest BCUT2D eigenvalue weighted by Crippen LogP contribution is 2.12. The number of hydrogen-bond donors (Lipinski definition) is 0. The second-order valence-electron chi connectivity index (χ2n) is 4.21. The molecule has 1 fully saturated rings. The van der Waals surface area contributed by atoms with E-state index in [9.17, 15) is 4.39 Å². The van der Waals surface area contributed by atoms with Crippen LogP contribution in [0.15, 0.2) is 18.3 Å². The van der Waals surface area contributed by atoms with Crippen molar-refractivity contribution in [3.8, 4) is 5.88 Å². The summed E-state index contributed by atoms with van der Waals surface area (Å²) >= 11 is 0. The molecule has 0 spiro atoms. The third-order valence-electron chi connectivity index (χ3n) is 2.76. The number of rotatable bonds is 4. The Kier molecular flexibility index (Phi) is 3.72. The molecule has 0 saturated carbocycles. The van der Waals surface area contributed by atoms with Gasteiger partial charge in [-0.3, -0.25) is 4.90 Å². The monoisotopic (exact) mass is 224 g/mol. The van der Waals surface area contributed by atoms with Crippen molar-refractivity contribution in [1.29, 1.82) is 0 Å². The van der Waals surface area contributed by atoms with Crippen molar-refractivity contribution >= 4 is 0 Å². The fourth-order valence-corrected chi connectivity index (χ4v) is 1.81. The van der Waals surface area contributed by atoms with Gasteiger partial charge in [0.05, 0.1) is 0 Å². The van der Waals surface area contributed by atoms with Crippen LogP contribution in [0.3, 0.4) is 0 Å². The first kappa shape index (κ1) is 11.3. The van der Waals surface area contributed by atoms with Crippen LogP contribution < -0.4 is 4.74 Å². The summed E-state index contributed by atoms with van der Waals surface area (Å²) in [6.07, 6.45) is 1.78. The molecule has 88 valence electrons. The van der Waals surface area contributed by atoms with Gasteiger partial charge in [0.2, 0.25) is 5.88 Å². The topological polar surface area (TPSA) is 25.4 Å². The Hall–Kier alpha value is -1.16. The summed E-state index contributed by atoms with van der Waals surface area (Å²) in [5.41, 5.74) is 1.12. The Labute approximate surface area is 95.2 Å². The number of aromatic nitrogens is 1. The van der Waals surface area contributed by atoms with Crippen LogP contribution in [0.1, 0.15) is 12.0 Å². The lowest BCUT2D eigenvalue weighted by Crippen LogP contribution is -2.26. The normalized spacial score (nSPS) is 21.2. The summed E-state index contributed by atoms with van der Waals surface area (Å²) < 4.78 is 18.4. The van der Waals surface area contributed by atoms with Crippen molar-refractivity contribution in [2.45, 2.75) is 19.5 Å². The summed E-state index contributed by atoms with van der Waals surface area (Å²) in [5.74, 6) is 0.640. The summed E-state index contributed by atoms with van der Waals surface area (Å²) in [6.45, 7) is 4.72. The van der Waals surface area contributed by atoms with E-state index in [0.717, 1.165) is 18.7 Å². The van der Waals surface area contributed by atoms with E-state index in [4.69, 9.17) is 4.74 Å². The highest BCUT2D eigenvalue weighted by molar-refractivity contribution is 5.16. The molecule has 1 aromatic heterocycles. The molecule has 1 aromatic rings.